The summed E-state index contributed by atoms with van der Waals surface area (Å²) in [5, 5.41) is 17.1. The molecular formula is C15H15N9. The van der Waals surface area contributed by atoms with E-state index in [1.807, 2.05) is 10.6 Å². The molecule has 4 rings (SSSR count). The highest BCUT2D eigenvalue weighted by atomic mass is 15.3. The van der Waals surface area contributed by atoms with E-state index >= 15 is 0 Å². The van der Waals surface area contributed by atoms with E-state index in [2.05, 4.69) is 41.0 Å². The summed E-state index contributed by atoms with van der Waals surface area (Å²) in [6.45, 7) is 3.24. The first-order chi connectivity index (χ1) is 11.8. The van der Waals surface area contributed by atoms with E-state index in [-0.39, 0.29) is 0 Å². The molecule has 0 atom stereocenters. The van der Waals surface area contributed by atoms with Crippen molar-refractivity contribution in [1.29, 1.82) is 5.26 Å². The zero-order valence-corrected chi connectivity index (χ0v) is 12.9. The van der Waals surface area contributed by atoms with E-state index in [0.717, 1.165) is 44.1 Å². The van der Waals surface area contributed by atoms with Crippen molar-refractivity contribution in [2.45, 2.75) is 6.42 Å². The smallest absolute Gasteiger partial charge is 0.226 e. The molecule has 1 fully saturated rings. The Hall–Kier alpha value is -3.28. The fourth-order valence-corrected chi connectivity index (χ4v) is 2.86. The van der Waals surface area contributed by atoms with Gasteiger partial charge in [0.1, 0.15) is 18.1 Å². The second-order valence-electron chi connectivity index (χ2n) is 5.49. The fourth-order valence-electron chi connectivity index (χ4n) is 2.86. The highest BCUT2D eigenvalue weighted by Gasteiger charge is 2.20. The molecule has 0 amide bonds. The standard InChI is InChI=1S/C15H15N9/c16-10-12-2-3-18-15(20-12)23-6-1-5-22(8-9-23)13-14-21-19-11-24(14)7-4-17-13/h2-4,7,11H,1,5-6,8-9H2. The lowest BCUT2D eigenvalue weighted by molar-refractivity contribution is 0.780. The van der Waals surface area contributed by atoms with Gasteiger partial charge in [0.15, 0.2) is 5.82 Å². The summed E-state index contributed by atoms with van der Waals surface area (Å²) in [5.41, 5.74) is 1.14. The van der Waals surface area contributed by atoms with E-state index < -0.39 is 0 Å². The van der Waals surface area contributed by atoms with Crippen molar-refractivity contribution in [3.05, 3.63) is 36.7 Å². The maximum atomic E-state index is 9.00. The third-order valence-corrected chi connectivity index (χ3v) is 4.03. The molecule has 0 saturated carbocycles. The van der Waals surface area contributed by atoms with Crippen LogP contribution in [0.2, 0.25) is 0 Å². The Labute approximate surface area is 138 Å². The Morgan fingerprint density at radius 2 is 1.92 bits per heavy atom. The Morgan fingerprint density at radius 1 is 1.04 bits per heavy atom. The number of nitrogens with zero attached hydrogens (tertiary/aromatic N) is 9. The molecule has 24 heavy (non-hydrogen) atoms. The van der Waals surface area contributed by atoms with Crippen LogP contribution in [0.3, 0.4) is 0 Å². The van der Waals surface area contributed by atoms with Gasteiger partial charge in [-0.1, -0.05) is 0 Å². The Balaban J connectivity index is 1.56. The van der Waals surface area contributed by atoms with E-state index in [4.69, 9.17) is 5.26 Å². The minimum absolute atomic E-state index is 0.385. The minimum Gasteiger partial charge on any atom is -0.352 e. The van der Waals surface area contributed by atoms with Crippen LogP contribution in [0, 0.1) is 11.3 Å². The lowest BCUT2D eigenvalue weighted by atomic mass is 10.4. The molecule has 3 aromatic rings. The van der Waals surface area contributed by atoms with Crippen LogP contribution >= 0.6 is 0 Å². The topological polar surface area (TPSA) is 99.1 Å². The zero-order valence-electron chi connectivity index (χ0n) is 12.9. The maximum absolute atomic E-state index is 9.00. The molecule has 1 saturated heterocycles. The fraction of sp³-hybridized carbons (Fsp3) is 0.333. The van der Waals surface area contributed by atoms with Gasteiger partial charge < -0.3 is 9.80 Å². The van der Waals surface area contributed by atoms with Crippen LogP contribution in [-0.2, 0) is 0 Å². The van der Waals surface area contributed by atoms with Crippen molar-refractivity contribution in [3.8, 4) is 6.07 Å². The summed E-state index contributed by atoms with van der Waals surface area (Å²) >= 11 is 0. The van der Waals surface area contributed by atoms with Crippen LogP contribution in [-0.4, -0.2) is 55.7 Å². The van der Waals surface area contributed by atoms with Crippen molar-refractivity contribution in [1.82, 2.24) is 29.5 Å². The third-order valence-electron chi connectivity index (χ3n) is 4.03. The SMILES string of the molecule is N#Cc1ccnc(N2CCCN(c3nccn4cnnc34)CC2)n1. The van der Waals surface area contributed by atoms with E-state index in [1.54, 1.807) is 24.8 Å². The van der Waals surface area contributed by atoms with Crippen molar-refractivity contribution < 1.29 is 0 Å². The number of hydrogen-bond donors (Lipinski definition) is 0. The Morgan fingerprint density at radius 3 is 2.83 bits per heavy atom. The molecule has 9 nitrogen and oxygen atoms in total. The summed E-state index contributed by atoms with van der Waals surface area (Å²) in [7, 11) is 0. The van der Waals surface area contributed by atoms with Gasteiger partial charge >= 0.3 is 0 Å². The van der Waals surface area contributed by atoms with E-state index in [1.165, 1.54) is 0 Å². The summed E-state index contributed by atoms with van der Waals surface area (Å²) in [6.07, 6.45) is 7.84. The first kappa shape index (κ1) is 14.3. The molecule has 0 spiro atoms. The second-order valence-corrected chi connectivity index (χ2v) is 5.49. The molecule has 0 aliphatic carbocycles. The summed E-state index contributed by atoms with van der Waals surface area (Å²) in [6, 6.07) is 3.67. The number of nitriles is 1. The average molecular weight is 321 g/mol. The molecule has 3 aromatic heterocycles. The molecule has 120 valence electrons. The van der Waals surface area contributed by atoms with Crippen molar-refractivity contribution in [2.75, 3.05) is 36.0 Å². The minimum atomic E-state index is 0.385. The molecule has 0 aromatic carbocycles. The van der Waals surface area contributed by atoms with Gasteiger partial charge in [0.25, 0.3) is 0 Å². The predicted molar refractivity (Wildman–Crippen MR) is 86.6 cm³/mol. The summed E-state index contributed by atoms with van der Waals surface area (Å²) in [5.74, 6) is 1.44. The second kappa shape index (κ2) is 6.08. The summed E-state index contributed by atoms with van der Waals surface area (Å²) < 4.78 is 1.87. The van der Waals surface area contributed by atoms with Crippen LogP contribution in [0.4, 0.5) is 11.8 Å². The van der Waals surface area contributed by atoms with Crippen LogP contribution < -0.4 is 9.80 Å². The highest BCUT2D eigenvalue weighted by Crippen LogP contribution is 2.19. The van der Waals surface area contributed by atoms with Crippen LogP contribution in [0.5, 0.6) is 0 Å². The molecule has 0 bridgehead atoms. The number of rotatable bonds is 2. The molecule has 4 heterocycles. The predicted octanol–water partition coefficient (Wildman–Crippen LogP) is 0.503. The quantitative estimate of drug-likeness (QED) is 0.673. The van der Waals surface area contributed by atoms with E-state index in [0.29, 0.717) is 11.6 Å². The lowest BCUT2D eigenvalue weighted by Gasteiger charge is -2.22. The van der Waals surface area contributed by atoms with Crippen molar-refractivity contribution in [2.24, 2.45) is 0 Å². The van der Waals surface area contributed by atoms with Gasteiger partial charge in [-0.15, -0.1) is 10.2 Å². The van der Waals surface area contributed by atoms with Crippen LogP contribution in [0.25, 0.3) is 5.65 Å². The first-order valence-electron chi connectivity index (χ1n) is 7.72. The van der Waals surface area contributed by atoms with Gasteiger partial charge in [-0.25, -0.2) is 15.0 Å². The van der Waals surface area contributed by atoms with Crippen molar-refractivity contribution in [3.63, 3.8) is 0 Å². The Kier molecular flexibility index (Phi) is 3.63. The highest BCUT2D eigenvalue weighted by molar-refractivity contribution is 5.63. The summed E-state index contributed by atoms with van der Waals surface area (Å²) in [4.78, 5) is 17.4. The molecule has 1 aliphatic rings. The normalized spacial score (nSPS) is 15.3. The van der Waals surface area contributed by atoms with Gasteiger partial charge in [0, 0.05) is 44.8 Å². The Bertz CT molecular complexity index is 897. The molecule has 0 N–H and O–H groups in total. The zero-order chi connectivity index (χ0) is 16.4. The number of aromatic nitrogens is 6. The number of hydrogen-bond acceptors (Lipinski definition) is 8. The van der Waals surface area contributed by atoms with Crippen LogP contribution in [0.15, 0.2) is 31.0 Å². The van der Waals surface area contributed by atoms with Gasteiger partial charge in [0.2, 0.25) is 11.6 Å². The maximum Gasteiger partial charge on any atom is 0.226 e. The van der Waals surface area contributed by atoms with E-state index in [9.17, 15) is 0 Å². The van der Waals surface area contributed by atoms with Gasteiger partial charge in [-0.2, -0.15) is 5.26 Å². The monoisotopic (exact) mass is 321 g/mol. The molecule has 0 radical (unpaired) electrons. The first-order valence-corrected chi connectivity index (χ1v) is 7.72. The largest absolute Gasteiger partial charge is 0.352 e. The lowest BCUT2D eigenvalue weighted by Crippen LogP contribution is -2.32. The molecule has 0 unspecified atom stereocenters. The molecular weight excluding hydrogens is 306 g/mol. The third kappa shape index (κ3) is 2.58. The van der Waals surface area contributed by atoms with Crippen molar-refractivity contribution >= 4 is 17.4 Å². The number of anilines is 2. The van der Waals surface area contributed by atoms with Crippen LogP contribution in [0.1, 0.15) is 12.1 Å². The average Bonchev–Trinajstić information content (AvgIpc) is 2.98. The van der Waals surface area contributed by atoms with Gasteiger partial charge in [0.05, 0.1) is 0 Å². The number of fused-ring (bicyclic) bond motifs is 1. The molecule has 1 aliphatic heterocycles. The van der Waals surface area contributed by atoms with Gasteiger partial charge in [-0.05, 0) is 12.5 Å². The van der Waals surface area contributed by atoms with Gasteiger partial charge in [-0.3, -0.25) is 4.40 Å². The molecule has 9 heteroatoms.